The van der Waals surface area contributed by atoms with Crippen LogP contribution in [0.4, 0.5) is 0 Å². The fraction of sp³-hybridized carbons (Fsp3) is 0.333. The summed E-state index contributed by atoms with van der Waals surface area (Å²) in [7, 11) is 2.90. The largest absolute Gasteiger partial charge is 0.507 e. The molecule has 0 saturated carbocycles. The van der Waals surface area contributed by atoms with E-state index in [1.54, 1.807) is 30.3 Å². The number of Topliss-reactive ketones (excluding diaryl/α,β-unsaturated/α-hetero) is 1. The van der Waals surface area contributed by atoms with Gasteiger partial charge in [0, 0.05) is 25.6 Å². The number of likely N-dealkylation sites (tertiary alicyclic amines) is 1. The molecule has 0 bridgehead atoms. The molecule has 0 radical (unpaired) electrons. The minimum atomic E-state index is -0.894. The van der Waals surface area contributed by atoms with Crippen LogP contribution in [0.3, 0.4) is 0 Å². The molecule has 0 aromatic heterocycles. The van der Waals surface area contributed by atoms with Gasteiger partial charge in [0.05, 0.1) is 29.8 Å². The summed E-state index contributed by atoms with van der Waals surface area (Å²) >= 11 is 3.29. The molecule has 0 spiro atoms. The standard InChI is InChI=1S/C24H24BrNO7/c1-12-8-14-9-13(4-5-17(14)33-12)21(27)19-20(26(6-7-31-2)24(30)23(19)29)15-10-16(25)22(28)18(11-15)32-3/h4-5,9-12,20,27-28H,6-8H2,1-3H3/b21-19+/t12-,20-/m0/s1. The van der Waals surface area contributed by atoms with E-state index in [9.17, 15) is 19.8 Å². The fourth-order valence-corrected chi connectivity index (χ4v) is 4.74. The Labute approximate surface area is 199 Å². The third kappa shape index (κ3) is 4.06. The Morgan fingerprint density at radius 3 is 2.70 bits per heavy atom. The molecule has 4 rings (SSSR count). The third-order valence-electron chi connectivity index (χ3n) is 5.83. The van der Waals surface area contributed by atoms with Gasteiger partial charge in [-0.15, -0.1) is 0 Å². The Morgan fingerprint density at radius 1 is 1.24 bits per heavy atom. The van der Waals surface area contributed by atoms with Crippen molar-refractivity contribution >= 4 is 33.4 Å². The Hall–Kier alpha value is -3.04. The Balaban J connectivity index is 1.88. The molecule has 0 unspecified atom stereocenters. The summed E-state index contributed by atoms with van der Waals surface area (Å²) in [6.45, 7) is 2.30. The third-order valence-corrected chi connectivity index (χ3v) is 6.44. The van der Waals surface area contributed by atoms with Gasteiger partial charge in [0.1, 0.15) is 17.6 Å². The van der Waals surface area contributed by atoms with Crippen molar-refractivity contribution in [1.82, 2.24) is 4.90 Å². The Kier molecular flexibility index (Phi) is 6.36. The zero-order valence-corrected chi connectivity index (χ0v) is 20.0. The number of aliphatic hydroxyl groups is 1. The van der Waals surface area contributed by atoms with E-state index in [-0.39, 0.29) is 42.1 Å². The van der Waals surface area contributed by atoms with Gasteiger partial charge in [-0.2, -0.15) is 0 Å². The van der Waals surface area contributed by atoms with Crippen LogP contribution in [0.25, 0.3) is 5.76 Å². The molecule has 2 atom stereocenters. The van der Waals surface area contributed by atoms with E-state index in [2.05, 4.69) is 15.9 Å². The number of carbonyl (C=O) groups is 2. The van der Waals surface area contributed by atoms with Crippen molar-refractivity contribution in [3.05, 3.63) is 57.1 Å². The highest BCUT2D eigenvalue weighted by atomic mass is 79.9. The molecule has 2 heterocycles. The monoisotopic (exact) mass is 517 g/mol. The molecule has 1 saturated heterocycles. The lowest BCUT2D eigenvalue weighted by Gasteiger charge is -2.25. The summed E-state index contributed by atoms with van der Waals surface area (Å²) < 4.78 is 16.4. The molecule has 2 aliphatic heterocycles. The van der Waals surface area contributed by atoms with Crippen molar-refractivity contribution in [3.8, 4) is 17.2 Å². The molecule has 2 aromatic carbocycles. The van der Waals surface area contributed by atoms with Crippen LogP contribution >= 0.6 is 15.9 Å². The maximum absolute atomic E-state index is 13.1. The van der Waals surface area contributed by atoms with E-state index in [1.165, 1.54) is 19.1 Å². The second-order valence-corrected chi connectivity index (χ2v) is 8.85. The number of benzene rings is 2. The molecule has 2 aliphatic rings. The van der Waals surface area contributed by atoms with Gasteiger partial charge in [-0.1, -0.05) is 0 Å². The molecule has 174 valence electrons. The molecule has 9 heteroatoms. The highest BCUT2D eigenvalue weighted by molar-refractivity contribution is 9.10. The van der Waals surface area contributed by atoms with Gasteiger partial charge in [-0.05, 0) is 64.3 Å². The van der Waals surface area contributed by atoms with Gasteiger partial charge in [0.25, 0.3) is 11.7 Å². The van der Waals surface area contributed by atoms with Gasteiger partial charge in [0.2, 0.25) is 0 Å². The second-order valence-electron chi connectivity index (χ2n) is 7.99. The van der Waals surface area contributed by atoms with Crippen molar-refractivity contribution in [1.29, 1.82) is 0 Å². The van der Waals surface area contributed by atoms with Gasteiger partial charge >= 0.3 is 0 Å². The lowest BCUT2D eigenvalue weighted by atomic mass is 9.94. The van der Waals surface area contributed by atoms with E-state index in [0.717, 1.165) is 11.3 Å². The highest BCUT2D eigenvalue weighted by Gasteiger charge is 2.46. The summed E-state index contributed by atoms with van der Waals surface area (Å²) in [6.07, 6.45) is 0.711. The van der Waals surface area contributed by atoms with Gasteiger partial charge in [-0.3, -0.25) is 9.59 Å². The number of phenolic OH excluding ortho intramolecular Hbond substituents is 1. The molecule has 2 aromatic rings. The number of phenols is 1. The number of halogens is 1. The first-order valence-corrected chi connectivity index (χ1v) is 11.2. The van der Waals surface area contributed by atoms with Crippen molar-refractivity contribution in [2.75, 3.05) is 27.4 Å². The summed E-state index contributed by atoms with van der Waals surface area (Å²) in [5.41, 5.74) is 1.80. The smallest absolute Gasteiger partial charge is 0.295 e. The number of aliphatic hydroxyl groups excluding tert-OH is 1. The Morgan fingerprint density at radius 2 is 2.00 bits per heavy atom. The predicted molar refractivity (Wildman–Crippen MR) is 123 cm³/mol. The van der Waals surface area contributed by atoms with Crippen molar-refractivity contribution in [2.45, 2.75) is 25.5 Å². The minimum Gasteiger partial charge on any atom is -0.507 e. The number of nitrogens with zero attached hydrogens (tertiary/aromatic N) is 1. The average molecular weight is 518 g/mol. The molecule has 8 nitrogen and oxygen atoms in total. The first-order chi connectivity index (χ1) is 15.8. The zero-order chi connectivity index (χ0) is 23.9. The van der Waals surface area contributed by atoms with Crippen molar-refractivity contribution < 1.29 is 34.0 Å². The van der Waals surface area contributed by atoms with Crippen LogP contribution in [0.2, 0.25) is 0 Å². The fourth-order valence-electron chi connectivity index (χ4n) is 4.28. The van der Waals surface area contributed by atoms with Crippen molar-refractivity contribution in [2.24, 2.45) is 0 Å². The van der Waals surface area contributed by atoms with Gasteiger partial charge in [0.15, 0.2) is 11.5 Å². The molecule has 1 fully saturated rings. The van der Waals surface area contributed by atoms with Crippen molar-refractivity contribution in [3.63, 3.8) is 0 Å². The second kappa shape index (κ2) is 9.07. The van der Waals surface area contributed by atoms with Gasteiger partial charge < -0.3 is 29.3 Å². The number of aromatic hydroxyl groups is 1. The maximum atomic E-state index is 13.1. The van der Waals surface area contributed by atoms with Crippen LogP contribution in [0, 0.1) is 0 Å². The van der Waals surface area contributed by atoms with Crippen LogP contribution in [0.5, 0.6) is 17.2 Å². The molecule has 0 aliphatic carbocycles. The Bertz CT molecular complexity index is 1160. The average Bonchev–Trinajstić information content (AvgIpc) is 3.29. The van der Waals surface area contributed by atoms with Crippen LogP contribution in [0.1, 0.15) is 29.7 Å². The van der Waals surface area contributed by atoms with Crippen LogP contribution in [-0.4, -0.2) is 60.3 Å². The molecular formula is C24H24BrNO7. The number of rotatable bonds is 6. The molecule has 2 N–H and O–H groups in total. The lowest BCUT2D eigenvalue weighted by molar-refractivity contribution is -0.140. The first-order valence-electron chi connectivity index (χ1n) is 10.4. The number of ether oxygens (including phenoxy) is 3. The van der Waals surface area contributed by atoms with Crippen LogP contribution < -0.4 is 9.47 Å². The minimum absolute atomic E-state index is 0.0267. The maximum Gasteiger partial charge on any atom is 0.295 e. The number of ketones is 1. The summed E-state index contributed by atoms with van der Waals surface area (Å²) in [6, 6.07) is 7.45. The molecular weight excluding hydrogens is 494 g/mol. The number of methoxy groups -OCH3 is 2. The topological polar surface area (TPSA) is 106 Å². The molecule has 33 heavy (non-hydrogen) atoms. The predicted octanol–water partition coefficient (Wildman–Crippen LogP) is 3.55. The highest BCUT2D eigenvalue weighted by Crippen LogP contribution is 2.44. The van der Waals surface area contributed by atoms with E-state index in [4.69, 9.17) is 14.2 Å². The summed E-state index contributed by atoms with van der Waals surface area (Å²) in [4.78, 5) is 27.4. The quantitative estimate of drug-likeness (QED) is 0.342. The zero-order valence-electron chi connectivity index (χ0n) is 18.4. The van der Waals surface area contributed by atoms with E-state index < -0.39 is 17.7 Å². The number of fused-ring (bicyclic) bond motifs is 1. The van der Waals surface area contributed by atoms with E-state index >= 15 is 0 Å². The van der Waals surface area contributed by atoms with Gasteiger partial charge in [-0.25, -0.2) is 0 Å². The van der Waals surface area contributed by atoms with E-state index in [0.29, 0.717) is 22.0 Å². The van der Waals surface area contributed by atoms with E-state index in [1.807, 2.05) is 6.92 Å². The first kappa shape index (κ1) is 23.1. The van der Waals surface area contributed by atoms with Crippen LogP contribution in [-0.2, 0) is 20.7 Å². The lowest BCUT2D eigenvalue weighted by Crippen LogP contribution is -2.32. The van der Waals surface area contributed by atoms with Crippen LogP contribution in [0.15, 0.2) is 40.4 Å². The molecule has 1 amide bonds. The summed E-state index contributed by atoms with van der Waals surface area (Å²) in [5.74, 6) is -1.00. The number of hydrogen-bond donors (Lipinski definition) is 2. The number of hydrogen-bond acceptors (Lipinski definition) is 7. The summed E-state index contributed by atoms with van der Waals surface area (Å²) in [5, 5.41) is 21.5. The number of carbonyl (C=O) groups excluding carboxylic acids is 2. The normalized spacial score (nSPS) is 21.3. The number of amides is 1. The SMILES string of the molecule is COCCN1C(=O)C(=O)/C(=C(/O)c2ccc3c(c2)C[C@H](C)O3)[C@@H]1c1cc(Br)c(O)c(OC)c1.